The molecule has 2 aromatic rings. The first-order valence-electron chi connectivity index (χ1n) is 5.37. The average molecular weight is 340 g/mol. The second-order valence-corrected chi connectivity index (χ2v) is 4.50. The molecule has 0 bridgehead atoms. The number of hydrogen-bond donors (Lipinski definition) is 2. The van der Waals surface area contributed by atoms with Crippen molar-refractivity contribution in [1.82, 2.24) is 15.7 Å². The summed E-state index contributed by atoms with van der Waals surface area (Å²) >= 11 is 3.34. The normalized spacial score (nSPS) is 10.7. The summed E-state index contributed by atoms with van der Waals surface area (Å²) in [5.41, 5.74) is 8.21. The van der Waals surface area contributed by atoms with Gasteiger partial charge in [-0.3, -0.25) is 4.79 Å². The zero-order chi connectivity index (χ0) is 14.5. The van der Waals surface area contributed by atoms with Gasteiger partial charge in [0.15, 0.2) is 0 Å². The molecule has 0 aliphatic carbocycles. The van der Waals surface area contributed by atoms with E-state index in [2.05, 4.69) is 41.4 Å². The number of carbonyl (C=O) groups excluding carboxylic acids is 1. The van der Waals surface area contributed by atoms with E-state index in [1.54, 1.807) is 19.2 Å². The number of amides is 1. The summed E-state index contributed by atoms with van der Waals surface area (Å²) in [4.78, 5) is 11.6. The Balaban J connectivity index is 2.09. The van der Waals surface area contributed by atoms with Gasteiger partial charge in [-0.2, -0.15) is 5.10 Å². The van der Waals surface area contributed by atoms with Crippen LogP contribution < -0.4 is 15.9 Å². The van der Waals surface area contributed by atoms with Crippen molar-refractivity contribution in [3.05, 3.63) is 33.9 Å². The number of benzene rings is 1. The number of hydrazone groups is 1. The molecular weight excluding hydrogens is 330 g/mol. The van der Waals surface area contributed by atoms with E-state index in [4.69, 9.17) is 10.5 Å². The zero-order valence-corrected chi connectivity index (χ0v) is 11.9. The highest BCUT2D eigenvalue weighted by Crippen LogP contribution is 2.21. The number of nitrogens with one attached hydrogen (secondary N) is 1. The number of methoxy groups -OCH3 is 1. The number of aromatic nitrogens is 2. The molecular formula is C11H10BrN5O3. The number of anilines is 1. The maximum atomic E-state index is 11.6. The number of rotatable bonds is 4. The van der Waals surface area contributed by atoms with Gasteiger partial charge in [-0.05, 0) is 28.5 Å². The predicted octanol–water partition coefficient (Wildman–Crippen LogP) is 1.19. The molecule has 0 aliphatic rings. The van der Waals surface area contributed by atoms with E-state index in [9.17, 15) is 4.79 Å². The molecule has 9 heteroatoms. The fourth-order valence-corrected chi connectivity index (χ4v) is 1.75. The van der Waals surface area contributed by atoms with E-state index in [0.717, 1.165) is 4.47 Å². The topological polar surface area (TPSA) is 116 Å². The lowest BCUT2D eigenvalue weighted by molar-refractivity contribution is 0.0946. The summed E-state index contributed by atoms with van der Waals surface area (Å²) in [6.45, 7) is 0. The minimum Gasteiger partial charge on any atom is -0.496 e. The van der Waals surface area contributed by atoms with Gasteiger partial charge >= 0.3 is 0 Å². The van der Waals surface area contributed by atoms with Gasteiger partial charge in [0.25, 0.3) is 5.91 Å². The Morgan fingerprint density at radius 3 is 3.00 bits per heavy atom. The Bertz CT molecular complexity index is 655. The number of nitrogens with zero attached hydrogens (tertiary/aromatic N) is 3. The lowest BCUT2D eigenvalue weighted by atomic mass is 10.2. The molecule has 0 saturated heterocycles. The Labute approximate surface area is 122 Å². The number of nitrogen functional groups attached to an aromatic ring is 1. The molecule has 0 aliphatic heterocycles. The van der Waals surface area contributed by atoms with Crippen LogP contribution in [0, 0.1) is 0 Å². The first kappa shape index (κ1) is 14.0. The highest BCUT2D eigenvalue weighted by molar-refractivity contribution is 9.10. The molecule has 0 saturated carbocycles. The molecule has 1 aromatic carbocycles. The van der Waals surface area contributed by atoms with Crippen molar-refractivity contribution in [3.63, 3.8) is 0 Å². The maximum Gasteiger partial charge on any atom is 0.297 e. The van der Waals surface area contributed by atoms with Crippen LogP contribution in [0.3, 0.4) is 0 Å². The third-order valence-electron chi connectivity index (χ3n) is 2.29. The number of ether oxygens (including phenoxy) is 1. The lowest BCUT2D eigenvalue weighted by Gasteiger charge is -2.04. The maximum absolute atomic E-state index is 11.6. The van der Waals surface area contributed by atoms with Crippen molar-refractivity contribution >= 4 is 33.9 Å². The third-order valence-corrected chi connectivity index (χ3v) is 2.78. The van der Waals surface area contributed by atoms with E-state index >= 15 is 0 Å². The van der Waals surface area contributed by atoms with Crippen molar-refractivity contribution in [1.29, 1.82) is 0 Å². The SMILES string of the molecule is COc1ccc(Br)cc1C=NNC(=O)c1nonc1N. The van der Waals surface area contributed by atoms with E-state index in [-0.39, 0.29) is 11.5 Å². The number of halogens is 1. The second kappa shape index (κ2) is 6.15. The number of hydrogen-bond acceptors (Lipinski definition) is 7. The Kier molecular flexibility index (Phi) is 4.31. The zero-order valence-electron chi connectivity index (χ0n) is 10.3. The van der Waals surface area contributed by atoms with Crippen LogP contribution in [-0.2, 0) is 0 Å². The molecule has 1 aromatic heterocycles. The molecule has 0 unspecified atom stereocenters. The molecule has 1 heterocycles. The molecule has 0 fully saturated rings. The van der Waals surface area contributed by atoms with Crippen molar-refractivity contribution in [2.75, 3.05) is 12.8 Å². The summed E-state index contributed by atoms with van der Waals surface area (Å²) in [7, 11) is 1.54. The minimum absolute atomic E-state index is 0.0993. The minimum atomic E-state index is -0.617. The summed E-state index contributed by atoms with van der Waals surface area (Å²) in [5, 5.41) is 10.5. The van der Waals surface area contributed by atoms with Gasteiger partial charge in [0.05, 0.1) is 13.3 Å². The second-order valence-electron chi connectivity index (χ2n) is 3.58. The first-order valence-corrected chi connectivity index (χ1v) is 6.16. The van der Waals surface area contributed by atoms with Gasteiger partial charge in [-0.1, -0.05) is 15.9 Å². The van der Waals surface area contributed by atoms with E-state index in [0.29, 0.717) is 11.3 Å². The molecule has 2 rings (SSSR count). The standard InChI is InChI=1S/C11H10BrN5O3/c1-19-8-3-2-7(12)4-6(8)5-14-15-11(18)9-10(13)17-20-16-9/h2-5H,1H3,(H2,13,17)(H,15,18). The quantitative estimate of drug-likeness (QED) is 0.638. The van der Waals surface area contributed by atoms with Crippen LogP contribution in [0.4, 0.5) is 5.82 Å². The molecule has 0 radical (unpaired) electrons. The smallest absolute Gasteiger partial charge is 0.297 e. The Hall–Kier alpha value is -2.42. The molecule has 104 valence electrons. The third kappa shape index (κ3) is 3.12. The largest absolute Gasteiger partial charge is 0.496 e. The van der Waals surface area contributed by atoms with Crippen LogP contribution in [0.2, 0.25) is 0 Å². The molecule has 8 nitrogen and oxygen atoms in total. The molecule has 0 atom stereocenters. The van der Waals surface area contributed by atoms with Crippen LogP contribution in [0.25, 0.3) is 0 Å². The summed E-state index contributed by atoms with van der Waals surface area (Å²) in [6.07, 6.45) is 1.44. The summed E-state index contributed by atoms with van der Waals surface area (Å²) in [5.74, 6) is -0.0967. The first-order chi connectivity index (χ1) is 9.61. The Morgan fingerprint density at radius 1 is 1.55 bits per heavy atom. The summed E-state index contributed by atoms with van der Waals surface area (Å²) < 4.78 is 10.3. The van der Waals surface area contributed by atoms with Crippen LogP contribution in [0.5, 0.6) is 5.75 Å². The van der Waals surface area contributed by atoms with E-state index in [1.165, 1.54) is 6.21 Å². The Morgan fingerprint density at radius 2 is 2.35 bits per heavy atom. The predicted molar refractivity (Wildman–Crippen MR) is 74.5 cm³/mol. The average Bonchev–Trinajstić information content (AvgIpc) is 2.85. The van der Waals surface area contributed by atoms with Crippen LogP contribution in [0.15, 0.2) is 32.4 Å². The fourth-order valence-electron chi connectivity index (χ4n) is 1.37. The molecule has 0 spiro atoms. The van der Waals surface area contributed by atoms with Crippen LogP contribution in [0.1, 0.15) is 16.1 Å². The van der Waals surface area contributed by atoms with E-state index in [1.807, 2.05) is 6.07 Å². The van der Waals surface area contributed by atoms with Gasteiger partial charge in [-0.25, -0.2) is 10.1 Å². The highest BCUT2D eigenvalue weighted by Gasteiger charge is 2.14. The van der Waals surface area contributed by atoms with Crippen LogP contribution >= 0.6 is 15.9 Å². The van der Waals surface area contributed by atoms with Gasteiger partial charge in [0, 0.05) is 10.0 Å². The molecule has 3 N–H and O–H groups in total. The van der Waals surface area contributed by atoms with Crippen molar-refractivity contribution in [2.45, 2.75) is 0 Å². The molecule has 20 heavy (non-hydrogen) atoms. The van der Waals surface area contributed by atoms with Gasteiger partial charge in [0.1, 0.15) is 5.75 Å². The number of carbonyl (C=O) groups is 1. The van der Waals surface area contributed by atoms with Crippen molar-refractivity contribution < 1.29 is 14.2 Å². The van der Waals surface area contributed by atoms with Crippen molar-refractivity contribution in [3.8, 4) is 5.75 Å². The lowest BCUT2D eigenvalue weighted by Crippen LogP contribution is -2.19. The number of nitrogens with two attached hydrogens (primary N) is 1. The summed E-state index contributed by atoms with van der Waals surface area (Å²) in [6, 6.07) is 5.39. The molecule has 1 amide bonds. The highest BCUT2D eigenvalue weighted by atomic mass is 79.9. The van der Waals surface area contributed by atoms with Gasteiger partial charge < -0.3 is 10.5 Å². The van der Waals surface area contributed by atoms with Gasteiger partial charge in [-0.15, -0.1) is 0 Å². The van der Waals surface area contributed by atoms with Crippen LogP contribution in [-0.4, -0.2) is 29.5 Å². The fraction of sp³-hybridized carbons (Fsp3) is 0.0909. The van der Waals surface area contributed by atoms with E-state index < -0.39 is 5.91 Å². The monoisotopic (exact) mass is 339 g/mol. The van der Waals surface area contributed by atoms with Gasteiger partial charge in [0.2, 0.25) is 11.5 Å². The van der Waals surface area contributed by atoms with Crippen molar-refractivity contribution in [2.24, 2.45) is 5.10 Å².